The molecule has 2 amide bonds. The average molecular weight is 657 g/mol. The number of benzene rings is 3. The second-order valence-electron chi connectivity index (χ2n) is 11.0. The van der Waals surface area contributed by atoms with Crippen LogP contribution < -0.4 is 9.62 Å². The smallest absolute Gasteiger partial charge is 0.243 e. The van der Waals surface area contributed by atoms with E-state index in [0.717, 1.165) is 27.6 Å². The van der Waals surface area contributed by atoms with Gasteiger partial charge in [0, 0.05) is 36.9 Å². The molecule has 3 aromatic rings. The van der Waals surface area contributed by atoms with E-state index >= 15 is 0 Å². The standard InChI is InChI=1S/C33H42BrN3O4S/c1-5-26-15-19-30(20-16-26)37(42(4,40)41)21-9-12-32(38)36(24-28-13-17-29(34)18-14-28)31(33(39)35-23-25(2)3)22-27-10-7-6-8-11-27/h6-8,10-11,13-20,25,31H,5,9,12,21-24H2,1-4H3,(H,35,39)/t31-/m1/s1. The minimum absolute atomic E-state index is 0.0956. The summed E-state index contributed by atoms with van der Waals surface area (Å²) in [5, 5.41) is 3.03. The topological polar surface area (TPSA) is 86.8 Å². The minimum Gasteiger partial charge on any atom is -0.354 e. The van der Waals surface area contributed by atoms with Crippen LogP contribution in [0.2, 0.25) is 0 Å². The summed E-state index contributed by atoms with van der Waals surface area (Å²) in [4.78, 5) is 29.1. The maximum atomic E-state index is 13.9. The molecule has 0 spiro atoms. The first kappa shape index (κ1) is 33.3. The molecule has 0 saturated heterocycles. The molecule has 0 heterocycles. The fourth-order valence-electron chi connectivity index (χ4n) is 4.66. The van der Waals surface area contributed by atoms with E-state index < -0.39 is 16.1 Å². The third-order valence-electron chi connectivity index (χ3n) is 7.01. The van der Waals surface area contributed by atoms with Gasteiger partial charge in [0.1, 0.15) is 6.04 Å². The number of anilines is 1. The largest absolute Gasteiger partial charge is 0.354 e. The summed E-state index contributed by atoms with van der Waals surface area (Å²) in [5.41, 5.74) is 3.54. The van der Waals surface area contributed by atoms with E-state index in [4.69, 9.17) is 0 Å². The van der Waals surface area contributed by atoms with E-state index in [1.807, 2.05) is 87.5 Å². The number of nitrogens with one attached hydrogen (secondary N) is 1. The molecule has 7 nitrogen and oxygen atoms in total. The molecule has 0 aliphatic carbocycles. The molecule has 0 aromatic heterocycles. The molecule has 0 aliphatic heterocycles. The predicted molar refractivity (Wildman–Crippen MR) is 174 cm³/mol. The van der Waals surface area contributed by atoms with Crippen LogP contribution in [-0.2, 0) is 39.0 Å². The van der Waals surface area contributed by atoms with Crippen molar-refractivity contribution >= 4 is 43.5 Å². The maximum Gasteiger partial charge on any atom is 0.243 e. The van der Waals surface area contributed by atoms with Crippen molar-refractivity contribution in [3.05, 3.63) is 100 Å². The Labute approximate surface area is 259 Å². The zero-order valence-corrected chi connectivity index (χ0v) is 27.3. The molecule has 1 atom stereocenters. The minimum atomic E-state index is -3.55. The molecule has 0 radical (unpaired) electrons. The van der Waals surface area contributed by atoms with Crippen LogP contribution in [-0.4, -0.2) is 50.5 Å². The molecule has 0 fully saturated rings. The summed E-state index contributed by atoms with van der Waals surface area (Å²) in [6.07, 6.45) is 2.81. The van der Waals surface area contributed by atoms with Gasteiger partial charge in [-0.3, -0.25) is 13.9 Å². The van der Waals surface area contributed by atoms with Crippen molar-refractivity contribution in [2.75, 3.05) is 23.7 Å². The van der Waals surface area contributed by atoms with Crippen LogP contribution in [0.15, 0.2) is 83.3 Å². The van der Waals surface area contributed by atoms with Crippen molar-refractivity contribution in [2.24, 2.45) is 5.92 Å². The molecule has 0 bridgehead atoms. The number of carbonyl (C=O) groups excluding carboxylic acids is 2. The number of aryl methyl sites for hydroxylation is 1. The van der Waals surface area contributed by atoms with Crippen LogP contribution in [0.5, 0.6) is 0 Å². The van der Waals surface area contributed by atoms with E-state index in [0.29, 0.717) is 25.1 Å². The Morgan fingerprint density at radius 3 is 2.07 bits per heavy atom. The summed E-state index contributed by atoms with van der Waals surface area (Å²) < 4.78 is 27.6. The molecule has 3 aromatic carbocycles. The van der Waals surface area contributed by atoms with Crippen LogP contribution in [0.4, 0.5) is 5.69 Å². The van der Waals surface area contributed by atoms with Crippen molar-refractivity contribution < 1.29 is 18.0 Å². The van der Waals surface area contributed by atoms with Crippen LogP contribution in [0.3, 0.4) is 0 Å². The van der Waals surface area contributed by atoms with Gasteiger partial charge in [-0.05, 0) is 59.7 Å². The molecular weight excluding hydrogens is 614 g/mol. The van der Waals surface area contributed by atoms with Gasteiger partial charge in [0.25, 0.3) is 0 Å². The zero-order valence-electron chi connectivity index (χ0n) is 24.9. The van der Waals surface area contributed by atoms with Crippen molar-refractivity contribution in [3.63, 3.8) is 0 Å². The van der Waals surface area contributed by atoms with Crippen LogP contribution in [0, 0.1) is 5.92 Å². The van der Waals surface area contributed by atoms with Gasteiger partial charge < -0.3 is 10.2 Å². The lowest BCUT2D eigenvalue weighted by Crippen LogP contribution is -2.51. The Morgan fingerprint density at radius 1 is 0.881 bits per heavy atom. The van der Waals surface area contributed by atoms with Gasteiger partial charge in [-0.1, -0.05) is 91.3 Å². The number of carbonyl (C=O) groups is 2. The zero-order chi connectivity index (χ0) is 30.7. The lowest BCUT2D eigenvalue weighted by Gasteiger charge is -2.32. The quantitative estimate of drug-likeness (QED) is 0.219. The molecule has 42 heavy (non-hydrogen) atoms. The number of amides is 2. The molecule has 3 rings (SSSR count). The van der Waals surface area contributed by atoms with Gasteiger partial charge >= 0.3 is 0 Å². The van der Waals surface area contributed by atoms with Crippen LogP contribution in [0.25, 0.3) is 0 Å². The van der Waals surface area contributed by atoms with Gasteiger partial charge in [0.15, 0.2) is 0 Å². The molecule has 0 unspecified atom stereocenters. The summed E-state index contributed by atoms with van der Waals surface area (Å²) in [5.74, 6) is -0.143. The van der Waals surface area contributed by atoms with Gasteiger partial charge in [-0.2, -0.15) is 0 Å². The van der Waals surface area contributed by atoms with Gasteiger partial charge in [-0.25, -0.2) is 8.42 Å². The monoisotopic (exact) mass is 655 g/mol. The van der Waals surface area contributed by atoms with E-state index in [2.05, 4.69) is 21.2 Å². The number of hydrogen-bond acceptors (Lipinski definition) is 4. The molecular formula is C33H42BrN3O4S. The Hall–Kier alpha value is -3.17. The highest BCUT2D eigenvalue weighted by Crippen LogP contribution is 2.21. The first-order chi connectivity index (χ1) is 20.0. The Balaban J connectivity index is 1.86. The van der Waals surface area contributed by atoms with Gasteiger partial charge in [0.05, 0.1) is 11.9 Å². The SMILES string of the molecule is CCc1ccc(N(CCCC(=O)N(Cc2ccc(Br)cc2)[C@H](Cc2ccccc2)C(=O)NCC(C)C)S(C)(=O)=O)cc1. The Bertz CT molecular complexity index is 1400. The van der Waals surface area contributed by atoms with Crippen LogP contribution in [0.1, 0.15) is 50.3 Å². The first-order valence-electron chi connectivity index (χ1n) is 14.4. The lowest BCUT2D eigenvalue weighted by atomic mass is 10.0. The third-order valence-corrected chi connectivity index (χ3v) is 8.73. The summed E-state index contributed by atoms with van der Waals surface area (Å²) in [7, 11) is -3.55. The van der Waals surface area contributed by atoms with Crippen molar-refractivity contribution in [1.29, 1.82) is 0 Å². The van der Waals surface area contributed by atoms with Gasteiger partial charge in [-0.15, -0.1) is 0 Å². The summed E-state index contributed by atoms with van der Waals surface area (Å²) in [6, 6.07) is 24.1. The molecule has 0 aliphatic rings. The normalized spacial score (nSPS) is 12.1. The van der Waals surface area contributed by atoms with E-state index in [1.165, 1.54) is 10.6 Å². The summed E-state index contributed by atoms with van der Waals surface area (Å²) in [6.45, 7) is 7.02. The molecule has 9 heteroatoms. The number of halogens is 1. The maximum absolute atomic E-state index is 13.9. The predicted octanol–water partition coefficient (Wildman–Crippen LogP) is 5.97. The second kappa shape index (κ2) is 15.9. The van der Waals surface area contributed by atoms with Crippen molar-refractivity contribution in [3.8, 4) is 0 Å². The highest BCUT2D eigenvalue weighted by molar-refractivity contribution is 9.10. The number of sulfonamides is 1. The Kier molecular flexibility index (Phi) is 12.6. The fourth-order valence-corrected chi connectivity index (χ4v) is 5.89. The highest BCUT2D eigenvalue weighted by atomic mass is 79.9. The average Bonchev–Trinajstić information content (AvgIpc) is 2.96. The molecule has 0 saturated carbocycles. The molecule has 1 N–H and O–H groups in total. The number of hydrogen-bond donors (Lipinski definition) is 1. The fraction of sp³-hybridized carbons (Fsp3) is 0.394. The van der Waals surface area contributed by atoms with Gasteiger partial charge in [0.2, 0.25) is 21.8 Å². The van der Waals surface area contributed by atoms with Crippen LogP contribution >= 0.6 is 15.9 Å². The van der Waals surface area contributed by atoms with E-state index in [-0.39, 0.29) is 37.2 Å². The second-order valence-corrected chi connectivity index (χ2v) is 13.8. The summed E-state index contributed by atoms with van der Waals surface area (Å²) >= 11 is 3.46. The first-order valence-corrected chi connectivity index (χ1v) is 17.0. The van der Waals surface area contributed by atoms with Crippen molar-refractivity contribution in [1.82, 2.24) is 10.2 Å². The van der Waals surface area contributed by atoms with E-state index in [9.17, 15) is 18.0 Å². The Morgan fingerprint density at radius 2 is 1.50 bits per heavy atom. The number of nitrogens with zero attached hydrogens (tertiary/aromatic N) is 2. The van der Waals surface area contributed by atoms with E-state index in [1.54, 1.807) is 17.0 Å². The third kappa shape index (κ3) is 10.3. The van der Waals surface area contributed by atoms with Crippen molar-refractivity contribution in [2.45, 2.75) is 59.0 Å². The lowest BCUT2D eigenvalue weighted by molar-refractivity contribution is -0.141. The highest BCUT2D eigenvalue weighted by Gasteiger charge is 2.30. The molecule has 226 valence electrons. The number of rotatable bonds is 15.